The number of rotatable bonds is 5. The number of hydrogen-bond acceptors (Lipinski definition) is 3. The van der Waals surface area contributed by atoms with Gasteiger partial charge in [0.2, 0.25) is 0 Å². The third-order valence-corrected chi connectivity index (χ3v) is 5.47. The Bertz CT molecular complexity index is 654. The Morgan fingerprint density at radius 2 is 1.76 bits per heavy atom. The van der Waals surface area contributed by atoms with E-state index in [1.54, 1.807) is 6.07 Å². The van der Waals surface area contributed by atoms with Crippen LogP contribution < -0.4 is 9.47 Å². The maximum Gasteiger partial charge on any atom is 0.177 e. The number of halogens is 3. The Hall–Kier alpha value is -0.850. The van der Waals surface area contributed by atoms with Crippen LogP contribution in [-0.2, 0) is 6.61 Å². The summed E-state index contributed by atoms with van der Waals surface area (Å²) in [6, 6.07) is 9.49. The first-order valence-electron chi connectivity index (χ1n) is 5.95. The van der Waals surface area contributed by atoms with Gasteiger partial charge in [0.15, 0.2) is 17.8 Å². The Morgan fingerprint density at radius 3 is 2.33 bits per heavy atom. The predicted octanol–water partition coefficient (Wildman–Crippen LogP) is 5.37. The van der Waals surface area contributed by atoms with Gasteiger partial charge in [-0.2, -0.15) is 0 Å². The molecule has 0 amide bonds. The molecule has 21 heavy (non-hydrogen) atoms. The summed E-state index contributed by atoms with van der Waals surface area (Å²) < 4.78 is 13.4. The van der Waals surface area contributed by atoms with Crippen LogP contribution >= 0.6 is 47.8 Å². The Labute approximate surface area is 148 Å². The smallest absolute Gasteiger partial charge is 0.177 e. The number of aldehydes is 1. The molecule has 0 aliphatic carbocycles. The molecule has 0 fully saturated rings. The Kier molecular flexibility index (Phi) is 5.84. The van der Waals surface area contributed by atoms with Gasteiger partial charge in [-0.25, -0.2) is 0 Å². The lowest BCUT2D eigenvalue weighted by Crippen LogP contribution is -2.00. The zero-order valence-electron chi connectivity index (χ0n) is 11.0. The largest absolute Gasteiger partial charge is 0.493 e. The average molecular weight is 479 g/mol. The second kappa shape index (κ2) is 7.42. The summed E-state index contributed by atoms with van der Waals surface area (Å²) in [6.45, 7) is 0.398. The minimum absolute atomic E-state index is 0.398. The van der Waals surface area contributed by atoms with Crippen LogP contribution in [0.15, 0.2) is 43.7 Å². The second-order valence-electron chi connectivity index (χ2n) is 4.16. The standard InChI is InChI=1S/C15H11Br3O3/c1-20-12-6-10(7-19)13(17)14(18)15(12)21-8-9-2-4-11(16)5-3-9/h2-7H,8H2,1H3. The van der Waals surface area contributed by atoms with E-state index in [1.807, 2.05) is 24.3 Å². The summed E-state index contributed by atoms with van der Waals surface area (Å²) in [4.78, 5) is 11.0. The fourth-order valence-electron chi connectivity index (χ4n) is 1.71. The van der Waals surface area contributed by atoms with Crippen molar-refractivity contribution in [1.29, 1.82) is 0 Å². The lowest BCUT2D eigenvalue weighted by molar-refractivity contribution is 0.112. The van der Waals surface area contributed by atoms with E-state index in [0.29, 0.717) is 32.6 Å². The van der Waals surface area contributed by atoms with Crippen molar-refractivity contribution in [1.82, 2.24) is 0 Å². The van der Waals surface area contributed by atoms with E-state index in [4.69, 9.17) is 9.47 Å². The summed E-state index contributed by atoms with van der Waals surface area (Å²) in [5, 5.41) is 0. The minimum atomic E-state index is 0.398. The van der Waals surface area contributed by atoms with Gasteiger partial charge in [0.05, 0.1) is 11.6 Å². The molecule has 0 unspecified atom stereocenters. The molecule has 0 saturated carbocycles. The second-order valence-corrected chi connectivity index (χ2v) is 6.66. The van der Waals surface area contributed by atoms with Crippen LogP contribution in [0.1, 0.15) is 15.9 Å². The topological polar surface area (TPSA) is 35.5 Å². The van der Waals surface area contributed by atoms with Crippen molar-refractivity contribution in [2.45, 2.75) is 6.61 Å². The highest BCUT2D eigenvalue weighted by molar-refractivity contribution is 9.13. The van der Waals surface area contributed by atoms with Gasteiger partial charge in [-0.1, -0.05) is 28.1 Å². The highest BCUT2D eigenvalue weighted by atomic mass is 79.9. The van der Waals surface area contributed by atoms with E-state index in [2.05, 4.69) is 47.8 Å². The first-order chi connectivity index (χ1) is 10.1. The molecule has 0 aliphatic heterocycles. The number of ether oxygens (including phenoxy) is 2. The summed E-state index contributed by atoms with van der Waals surface area (Å²) in [6.07, 6.45) is 0.760. The van der Waals surface area contributed by atoms with Crippen LogP contribution in [0.25, 0.3) is 0 Å². The van der Waals surface area contributed by atoms with Crippen LogP contribution in [0, 0.1) is 0 Å². The zero-order valence-corrected chi connectivity index (χ0v) is 15.8. The molecular weight excluding hydrogens is 468 g/mol. The van der Waals surface area contributed by atoms with Crippen molar-refractivity contribution in [3.63, 3.8) is 0 Å². The molecule has 0 heterocycles. The molecular formula is C15H11Br3O3. The van der Waals surface area contributed by atoms with Crippen LogP contribution in [0.3, 0.4) is 0 Å². The minimum Gasteiger partial charge on any atom is -0.493 e. The SMILES string of the molecule is COc1cc(C=O)c(Br)c(Br)c1OCc1ccc(Br)cc1. The van der Waals surface area contributed by atoms with Crippen molar-refractivity contribution in [3.8, 4) is 11.5 Å². The molecule has 2 aromatic rings. The molecule has 0 saturated heterocycles. The Balaban J connectivity index is 2.28. The number of carbonyl (C=O) groups is 1. The summed E-state index contributed by atoms with van der Waals surface area (Å²) in [5.74, 6) is 1.06. The highest BCUT2D eigenvalue weighted by Crippen LogP contribution is 2.42. The maximum atomic E-state index is 11.0. The Morgan fingerprint density at radius 1 is 1.10 bits per heavy atom. The van der Waals surface area contributed by atoms with Crippen molar-refractivity contribution >= 4 is 54.1 Å². The van der Waals surface area contributed by atoms with Crippen molar-refractivity contribution in [3.05, 3.63) is 54.9 Å². The summed E-state index contributed by atoms with van der Waals surface area (Å²) in [5.41, 5.74) is 1.53. The van der Waals surface area contributed by atoms with Crippen molar-refractivity contribution in [2.75, 3.05) is 7.11 Å². The molecule has 0 atom stereocenters. The number of carbonyl (C=O) groups excluding carboxylic acids is 1. The molecule has 0 bridgehead atoms. The van der Waals surface area contributed by atoms with Crippen LogP contribution in [-0.4, -0.2) is 13.4 Å². The molecule has 3 nitrogen and oxygen atoms in total. The molecule has 2 aromatic carbocycles. The van der Waals surface area contributed by atoms with E-state index in [-0.39, 0.29) is 0 Å². The molecule has 0 N–H and O–H groups in total. The molecule has 6 heteroatoms. The van der Waals surface area contributed by atoms with Gasteiger partial charge in [0.1, 0.15) is 6.61 Å². The van der Waals surface area contributed by atoms with Gasteiger partial charge in [-0.3, -0.25) is 4.79 Å². The first-order valence-corrected chi connectivity index (χ1v) is 8.33. The zero-order chi connectivity index (χ0) is 15.4. The van der Waals surface area contributed by atoms with Gasteiger partial charge in [-0.15, -0.1) is 0 Å². The number of methoxy groups -OCH3 is 1. The first kappa shape index (κ1) is 16.5. The van der Waals surface area contributed by atoms with Gasteiger partial charge < -0.3 is 9.47 Å². The molecule has 0 radical (unpaired) electrons. The summed E-state index contributed by atoms with van der Waals surface area (Å²) >= 11 is 10.2. The lowest BCUT2D eigenvalue weighted by atomic mass is 10.2. The van der Waals surface area contributed by atoms with Crippen LogP contribution in [0.2, 0.25) is 0 Å². The van der Waals surface area contributed by atoms with Crippen LogP contribution in [0.5, 0.6) is 11.5 Å². The summed E-state index contributed by atoms with van der Waals surface area (Å²) in [7, 11) is 1.54. The van der Waals surface area contributed by atoms with E-state index < -0.39 is 0 Å². The quantitative estimate of drug-likeness (QED) is 0.542. The van der Waals surface area contributed by atoms with E-state index in [1.165, 1.54) is 7.11 Å². The lowest BCUT2D eigenvalue weighted by Gasteiger charge is -2.15. The van der Waals surface area contributed by atoms with E-state index in [9.17, 15) is 4.79 Å². The molecule has 0 aliphatic rings. The maximum absolute atomic E-state index is 11.0. The molecule has 0 aromatic heterocycles. The highest BCUT2D eigenvalue weighted by Gasteiger charge is 2.16. The van der Waals surface area contributed by atoms with E-state index >= 15 is 0 Å². The van der Waals surface area contributed by atoms with Gasteiger partial charge in [0, 0.05) is 14.5 Å². The van der Waals surface area contributed by atoms with Crippen LogP contribution in [0.4, 0.5) is 0 Å². The molecule has 0 spiro atoms. The van der Waals surface area contributed by atoms with Crippen molar-refractivity contribution < 1.29 is 14.3 Å². The fourth-order valence-corrected chi connectivity index (χ4v) is 2.90. The van der Waals surface area contributed by atoms with Gasteiger partial charge in [-0.05, 0) is 55.6 Å². The number of hydrogen-bond donors (Lipinski definition) is 0. The third-order valence-electron chi connectivity index (χ3n) is 2.80. The molecule has 110 valence electrons. The van der Waals surface area contributed by atoms with E-state index in [0.717, 1.165) is 16.3 Å². The predicted molar refractivity (Wildman–Crippen MR) is 92.3 cm³/mol. The monoisotopic (exact) mass is 476 g/mol. The average Bonchev–Trinajstić information content (AvgIpc) is 2.50. The van der Waals surface area contributed by atoms with Gasteiger partial charge in [0.25, 0.3) is 0 Å². The molecule has 2 rings (SSSR count). The normalized spacial score (nSPS) is 10.3. The van der Waals surface area contributed by atoms with Gasteiger partial charge >= 0.3 is 0 Å². The van der Waals surface area contributed by atoms with Crippen molar-refractivity contribution in [2.24, 2.45) is 0 Å². The fraction of sp³-hybridized carbons (Fsp3) is 0.133. The third kappa shape index (κ3) is 3.87. The number of benzene rings is 2.